The van der Waals surface area contributed by atoms with Crippen molar-refractivity contribution >= 4 is 5.91 Å². The van der Waals surface area contributed by atoms with Crippen LogP contribution in [0.5, 0.6) is 0 Å². The Morgan fingerprint density at radius 1 is 1.24 bits per heavy atom. The molecule has 1 aromatic rings. The Labute approximate surface area is 99.5 Å². The van der Waals surface area contributed by atoms with Crippen LogP contribution in [0.3, 0.4) is 0 Å². The normalized spacial score (nSPS) is 29.6. The van der Waals surface area contributed by atoms with Gasteiger partial charge in [-0.3, -0.25) is 4.79 Å². The minimum Gasteiger partial charge on any atom is -0.349 e. The highest BCUT2D eigenvalue weighted by molar-refractivity contribution is 5.94. The number of amides is 1. The average Bonchev–Trinajstić information content (AvgIpc) is 2.91. The van der Waals surface area contributed by atoms with Crippen LogP contribution < -0.4 is 5.32 Å². The van der Waals surface area contributed by atoms with Gasteiger partial charge in [0.15, 0.2) is 0 Å². The van der Waals surface area contributed by atoms with Gasteiger partial charge in [-0.2, -0.15) is 0 Å². The van der Waals surface area contributed by atoms with Crippen molar-refractivity contribution in [3.05, 3.63) is 47.8 Å². The lowest BCUT2D eigenvalue weighted by Gasteiger charge is -2.19. The first-order valence-corrected chi connectivity index (χ1v) is 5.98. The molecule has 2 unspecified atom stereocenters. The van der Waals surface area contributed by atoms with E-state index < -0.39 is 5.82 Å². The van der Waals surface area contributed by atoms with Crippen molar-refractivity contribution in [2.75, 3.05) is 0 Å². The van der Waals surface area contributed by atoms with Crippen molar-refractivity contribution in [2.24, 2.45) is 11.8 Å². The third-order valence-corrected chi connectivity index (χ3v) is 3.71. The van der Waals surface area contributed by atoms with Gasteiger partial charge >= 0.3 is 0 Å². The van der Waals surface area contributed by atoms with Crippen molar-refractivity contribution in [3.63, 3.8) is 0 Å². The zero-order chi connectivity index (χ0) is 11.8. The molecule has 3 atom stereocenters. The fraction of sp³-hybridized carbons (Fsp3) is 0.357. The number of rotatable bonds is 2. The summed E-state index contributed by atoms with van der Waals surface area (Å²) in [5, 5.41) is 2.94. The molecule has 0 radical (unpaired) electrons. The maximum Gasteiger partial charge on any atom is 0.254 e. The lowest BCUT2D eigenvalue weighted by atomic mass is 10.0. The lowest BCUT2D eigenvalue weighted by molar-refractivity contribution is 0.0927. The second kappa shape index (κ2) is 3.99. The number of fused-ring (bicyclic) bond motifs is 2. The van der Waals surface area contributed by atoms with Crippen LogP contribution in [-0.4, -0.2) is 11.9 Å². The number of nitrogens with one attached hydrogen (secondary N) is 1. The van der Waals surface area contributed by atoms with Gasteiger partial charge in [0.05, 0.1) is 5.56 Å². The number of benzene rings is 1. The highest BCUT2D eigenvalue weighted by atomic mass is 19.1. The van der Waals surface area contributed by atoms with E-state index in [-0.39, 0.29) is 17.5 Å². The molecule has 2 aliphatic rings. The monoisotopic (exact) mass is 231 g/mol. The number of carbonyl (C=O) groups excluding carboxylic acids is 1. The zero-order valence-corrected chi connectivity index (χ0v) is 9.40. The molecule has 3 heteroatoms. The Hall–Kier alpha value is -1.64. The molecule has 1 fully saturated rings. The van der Waals surface area contributed by atoms with E-state index in [2.05, 4.69) is 17.5 Å². The van der Waals surface area contributed by atoms with Crippen LogP contribution in [0.15, 0.2) is 36.4 Å². The van der Waals surface area contributed by atoms with Crippen LogP contribution in [0.4, 0.5) is 4.39 Å². The second-order valence-corrected chi connectivity index (χ2v) is 4.84. The Balaban J connectivity index is 1.72. The maximum absolute atomic E-state index is 13.4. The standard InChI is InChI=1S/C14H14FNO/c15-12-4-2-1-3-11(12)14(17)16-13-8-9-5-6-10(13)7-9/h1-6,9-10,13H,7-8H2,(H,16,17)/t9?,10?,13-/m0/s1. The summed E-state index contributed by atoms with van der Waals surface area (Å²) in [7, 11) is 0. The molecule has 2 nitrogen and oxygen atoms in total. The molecular weight excluding hydrogens is 217 g/mol. The van der Waals surface area contributed by atoms with Crippen LogP contribution in [0, 0.1) is 17.7 Å². The third kappa shape index (κ3) is 1.86. The quantitative estimate of drug-likeness (QED) is 0.778. The van der Waals surface area contributed by atoms with Crippen molar-refractivity contribution in [3.8, 4) is 0 Å². The van der Waals surface area contributed by atoms with Gasteiger partial charge in [0.25, 0.3) is 5.91 Å². The van der Waals surface area contributed by atoms with Gasteiger partial charge in [-0.15, -0.1) is 0 Å². The van der Waals surface area contributed by atoms with E-state index >= 15 is 0 Å². The molecule has 2 aliphatic carbocycles. The van der Waals surface area contributed by atoms with E-state index in [1.54, 1.807) is 12.1 Å². The van der Waals surface area contributed by atoms with Crippen LogP contribution in [0.1, 0.15) is 23.2 Å². The number of allylic oxidation sites excluding steroid dienone is 1. The molecule has 2 bridgehead atoms. The van der Waals surface area contributed by atoms with Crippen LogP contribution in [0.25, 0.3) is 0 Å². The molecule has 88 valence electrons. The van der Waals surface area contributed by atoms with Crippen molar-refractivity contribution in [1.29, 1.82) is 0 Å². The number of hydrogen-bond acceptors (Lipinski definition) is 1. The molecule has 1 saturated carbocycles. The van der Waals surface area contributed by atoms with E-state index in [0.717, 1.165) is 12.8 Å². The molecule has 0 heterocycles. The summed E-state index contributed by atoms with van der Waals surface area (Å²) in [6, 6.07) is 6.28. The molecule has 0 saturated heterocycles. The zero-order valence-electron chi connectivity index (χ0n) is 9.40. The Bertz CT molecular complexity index is 483. The minimum absolute atomic E-state index is 0.138. The van der Waals surface area contributed by atoms with Gasteiger partial charge in [0.2, 0.25) is 0 Å². The fourth-order valence-corrected chi connectivity index (χ4v) is 2.84. The van der Waals surface area contributed by atoms with Crippen LogP contribution >= 0.6 is 0 Å². The molecule has 17 heavy (non-hydrogen) atoms. The summed E-state index contributed by atoms with van der Waals surface area (Å²) in [5.74, 6) is 0.291. The first kappa shape index (κ1) is 10.5. The Morgan fingerprint density at radius 3 is 2.71 bits per heavy atom. The highest BCUT2D eigenvalue weighted by Gasteiger charge is 2.36. The number of carbonyl (C=O) groups is 1. The second-order valence-electron chi connectivity index (χ2n) is 4.84. The molecule has 1 amide bonds. The van der Waals surface area contributed by atoms with Crippen molar-refractivity contribution in [1.82, 2.24) is 5.32 Å². The Kier molecular flexibility index (Phi) is 2.46. The molecule has 0 spiro atoms. The summed E-state index contributed by atoms with van der Waals surface area (Å²) >= 11 is 0. The fourth-order valence-electron chi connectivity index (χ4n) is 2.84. The van der Waals surface area contributed by atoms with Crippen molar-refractivity contribution in [2.45, 2.75) is 18.9 Å². The predicted octanol–water partition coefficient (Wildman–Crippen LogP) is 2.52. The summed E-state index contributed by atoms with van der Waals surface area (Å²) in [4.78, 5) is 11.9. The summed E-state index contributed by atoms with van der Waals surface area (Å²) in [6.07, 6.45) is 6.50. The van der Waals surface area contributed by atoms with E-state index in [4.69, 9.17) is 0 Å². The SMILES string of the molecule is O=C(N[C@H]1CC2C=CC1C2)c1ccccc1F. The largest absolute Gasteiger partial charge is 0.349 e. The molecule has 3 rings (SSSR count). The molecule has 0 aromatic heterocycles. The maximum atomic E-state index is 13.4. The highest BCUT2D eigenvalue weighted by Crippen LogP contribution is 2.39. The van der Waals surface area contributed by atoms with E-state index in [1.165, 1.54) is 12.1 Å². The molecule has 1 N–H and O–H groups in total. The van der Waals surface area contributed by atoms with E-state index in [9.17, 15) is 9.18 Å². The summed E-state index contributed by atoms with van der Waals surface area (Å²) < 4.78 is 13.4. The third-order valence-electron chi connectivity index (χ3n) is 3.71. The number of halogens is 1. The van der Waals surface area contributed by atoms with E-state index in [0.29, 0.717) is 11.8 Å². The molecular formula is C14H14FNO. The summed E-state index contributed by atoms with van der Waals surface area (Å²) in [6.45, 7) is 0. The van der Waals surface area contributed by atoms with Crippen molar-refractivity contribution < 1.29 is 9.18 Å². The van der Waals surface area contributed by atoms with Gasteiger partial charge in [0, 0.05) is 6.04 Å². The Morgan fingerprint density at radius 2 is 2.06 bits per heavy atom. The van der Waals surface area contributed by atoms with Gasteiger partial charge in [-0.1, -0.05) is 24.3 Å². The van der Waals surface area contributed by atoms with Crippen LogP contribution in [0.2, 0.25) is 0 Å². The van der Waals surface area contributed by atoms with Gasteiger partial charge < -0.3 is 5.32 Å². The summed E-state index contributed by atoms with van der Waals surface area (Å²) in [5.41, 5.74) is 0.138. The van der Waals surface area contributed by atoms with E-state index in [1.807, 2.05) is 0 Å². The van der Waals surface area contributed by atoms with Gasteiger partial charge in [-0.25, -0.2) is 4.39 Å². The first-order valence-electron chi connectivity index (χ1n) is 5.98. The molecule has 1 aromatic carbocycles. The minimum atomic E-state index is -0.455. The topological polar surface area (TPSA) is 29.1 Å². The predicted molar refractivity (Wildman–Crippen MR) is 63.0 cm³/mol. The average molecular weight is 231 g/mol. The lowest BCUT2D eigenvalue weighted by Crippen LogP contribution is -2.37. The van der Waals surface area contributed by atoms with Gasteiger partial charge in [0.1, 0.15) is 5.82 Å². The first-order chi connectivity index (χ1) is 8.24. The number of hydrogen-bond donors (Lipinski definition) is 1. The molecule has 0 aliphatic heterocycles. The smallest absolute Gasteiger partial charge is 0.254 e. The van der Waals surface area contributed by atoms with Gasteiger partial charge in [-0.05, 0) is 36.8 Å². The van der Waals surface area contributed by atoms with Crippen LogP contribution in [-0.2, 0) is 0 Å².